The summed E-state index contributed by atoms with van der Waals surface area (Å²) in [6.45, 7) is 6.01. The van der Waals surface area contributed by atoms with Crippen molar-refractivity contribution >= 4 is 28.6 Å². The summed E-state index contributed by atoms with van der Waals surface area (Å²) >= 11 is 0. The van der Waals surface area contributed by atoms with Crippen LogP contribution in [-0.2, 0) is 17.9 Å². The van der Waals surface area contributed by atoms with Gasteiger partial charge >= 0.3 is 0 Å². The highest BCUT2D eigenvalue weighted by Gasteiger charge is 2.22. The Balaban J connectivity index is 1.26. The molecule has 1 aliphatic heterocycles. The second kappa shape index (κ2) is 9.23. The summed E-state index contributed by atoms with van der Waals surface area (Å²) in [5.41, 5.74) is 2.92. The van der Waals surface area contributed by atoms with E-state index in [1.165, 1.54) is 0 Å². The maximum atomic E-state index is 12.6. The molecule has 4 heterocycles. The minimum atomic E-state index is -0.104. The van der Waals surface area contributed by atoms with Gasteiger partial charge in [0.15, 0.2) is 5.65 Å². The lowest BCUT2D eigenvalue weighted by Crippen LogP contribution is -2.47. The van der Waals surface area contributed by atoms with Crippen LogP contribution in [0.15, 0.2) is 61.2 Å². The maximum Gasteiger partial charge on any atom is 0.242 e. The molecule has 0 unspecified atom stereocenters. The average Bonchev–Trinajstić information content (AvgIpc) is 3.27. The van der Waals surface area contributed by atoms with E-state index in [1.54, 1.807) is 17.2 Å². The zero-order chi connectivity index (χ0) is 22.6. The molecule has 0 atom stereocenters. The third kappa shape index (κ3) is 4.48. The standard InChI is InChI=1S/C24H26N8O/c1-18-6-2-3-7-19(18)14-26-22(33)16-32-24-20(15-29-32)23(27-17-28-24)31-12-10-30(11-13-31)21-8-4-5-9-25-21/h2-9,15,17H,10-14,16H2,1H3,(H,26,33). The highest BCUT2D eigenvalue weighted by atomic mass is 16.2. The monoisotopic (exact) mass is 442 g/mol. The van der Waals surface area contributed by atoms with Gasteiger partial charge in [-0.3, -0.25) is 4.79 Å². The van der Waals surface area contributed by atoms with E-state index in [0.717, 1.165) is 54.3 Å². The molecule has 0 radical (unpaired) electrons. The van der Waals surface area contributed by atoms with Crippen LogP contribution in [0.5, 0.6) is 0 Å². The second-order valence-corrected chi connectivity index (χ2v) is 8.10. The number of hydrogen-bond acceptors (Lipinski definition) is 7. The molecule has 1 aromatic carbocycles. The number of hydrogen-bond donors (Lipinski definition) is 1. The van der Waals surface area contributed by atoms with Gasteiger partial charge in [0.1, 0.15) is 24.5 Å². The maximum absolute atomic E-state index is 12.6. The van der Waals surface area contributed by atoms with Crippen LogP contribution in [0.25, 0.3) is 11.0 Å². The Morgan fingerprint density at radius 3 is 2.55 bits per heavy atom. The predicted octanol–water partition coefficient (Wildman–Crippen LogP) is 2.17. The third-order valence-corrected chi connectivity index (χ3v) is 6.00. The summed E-state index contributed by atoms with van der Waals surface area (Å²) in [5, 5.41) is 8.27. The fraction of sp³-hybridized carbons (Fsp3) is 0.292. The molecular formula is C24H26N8O. The van der Waals surface area contributed by atoms with Crippen LogP contribution in [0, 0.1) is 6.92 Å². The highest BCUT2D eigenvalue weighted by Crippen LogP contribution is 2.24. The van der Waals surface area contributed by atoms with Crippen LogP contribution < -0.4 is 15.1 Å². The number of anilines is 2. The number of aromatic nitrogens is 5. The van der Waals surface area contributed by atoms with Crippen molar-refractivity contribution in [3.63, 3.8) is 0 Å². The van der Waals surface area contributed by atoms with Gasteiger partial charge in [0.25, 0.3) is 0 Å². The van der Waals surface area contributed by atoms with Gasteiger partial charge in [-0.1, -0.05) is 30.3 Å². The van der Waals surface area contributed by atoms with Gasteiger partial charge in [-0.15, -0.1) is 0 Å². The van der Waals surface area contributed by atoms with Crippen LogP contribution in [0.3, 0.4) is 0 Å². The highest BCUT2D eigenvalue weighted by molar-refractivity contribution is 5.88. The lowest BCUT2D eigenvalue weighted by molar-refractivity contribution is -0.121. The molecule has 1 aliphatic rings. The molecule has 1 fully saturated rings. The van der Waals surface area contributed by atoms with Crippen molar-refractivity contribution in [1.82, 2.24) is 30.0 Å². The summed E-state index contributed by atoms with van der Waals surface area (Å²) in [6.07, 6.45) is 5.12. The Bertz CT molecular complexity index is 1250. The first-order chi connectivity index (χ1) is 16.2. The van der Waals surface area contributed by atoms with E-state index in [-0.39, 0.29) is 12.5 Å². The lowest BCUT2D eigenvalue weighted by Gasteiger charge is -2.36. The first kappa shape index (κ1) is 20.9. The van der Waals surface area contributed by atoms with Crippen LogP contribution >= 0.6 is 0 Å². The summed E-state index contributed by atoms with van der Waals surface area (Å²) in [5.74, 6) is 1.74. The smallest absolute Gasteiger partial charge is 0.242 e. The number of nitrogens with zero attached hydrogens (tertiary/aromatic N) is 7. The van der Waals surface area contributed by atoms with E-state index in [4.69, 9.17) is 0 Å². The van der Waals surface area contributed by atoms with E-state index < -0.39 is 0 Å². The third-order valence-electron chi connectivity index (χ3n) is 6.00. The minimum Gasteiger partial charge on any atom is -0.353 e. The van der Waals surface area contributed by atoms with Gasteiger partial charge in [0, 0.05) is 38.9 Å². The molecule has 9 nitrogen and oxygen atoms in total. The van der Waals surface area contributed by atoms with Gasteiger partial charge in [-0.2, -0.15) is 5.10 Å². The molecule has 0 aliphatic carbocycles. The first-order valence-electron chi connectivity index (χ1n) is 11.1. The van der Waals surface area contributed by atoms with Crippen LogP contribution in [0.4, 0.5) is 11.6 Å². The number of carbonyl (C=O) groups excluding carboxylic acids is 1. The number of pyridine rings is 1. The largest absolute Gasteiger partial charge is 0.353 e. The summed E-state index contributed by atoms with van der Waals surface area (Å²) < 4.78 is 1.64. The predicted molar refractivity (Wildman–Crippen MR) is 127 cm³/mol. The average molecular weight is 443 g/mol. The molecule has 1 saturated heterocycles. The molecule has 33 heavy (non-hydrogen) atoms. The van der Waals surface area contributed by atoms with Gasteiger partial charge in [0.2, 0.25) is 5.91 Å². The summed E-state index contributed by atoms with van der Waals surface area (Å²) in [7, 11) is 0. The summed E-state index contributed by atoms with van der Waals surface area (Å²) in [4.78, 5) is 30.5. The first-order valence-corrected chi connectivity index (χ1v) is 11.1. The van der Waals surface area contributed by atoms with Gasteiger partial charge in [-0.25, -0.2) is 19.6 Å². The quantitative estimate of drug-likeness (QED) is 0.489. The van der Waals surface area contributed by atoms with Crippen molar-refractivity contribution < 1.29 is 4.79 Å². The Hall–Kier alpha value is -4.01. The molecule has 0 bridgehead atoms. The zero-order valence-electron chi connectivity index (χ0n) is 18.6. The molecule has 1 N–H and O–H groups in total. The van der Waals surface area contributed by atoms with Crippen molar-refractivity contribution in [2.75, 3.05) is 36.0 Å². The van der Waals surface area contributed by atoms with E-state index >= 15 is 0 Å². The number of benzene rings is 1. The molecule has 3 aromatic heterocycles. The number of rotatable bonds is 6. The number of fused-ring (bicyclic) bond motifs is 1. The van der Waals surface area contributed by atoms with Crippen molar-refractivity contribution in [2.45, 2.75) is 20.0 Å². The number of carbonyl (C=O) groups is 1. The van der Waals surface area contributed by atoms with E-state index in [1.807, 2.05) is 55.6 Å². The lowest BCUT2D eigenvalue weighted by atomic mass is 10.1. The van der Waals surface area contributed by atoms with E-state index in [0.29, 0.717) is 12.2 Å². The molecule has 4 aromatic rings. The van der Waals surface area contributed by atoms with Gasteiger partial charge < -0.3 is 15.1 Å². The van der Waals surface area contributed by atoms with Crippen molar-refractivity contribution in [3.8, 4) is 0 Å². The van der Waals surface area contributed by atoms with Crippen molar-refractivity contribution in [1.29, 1.82) is 0 Å². The molecule has 5 rings (SSSR count). The molecule has 0 spiro atoms. The number of piperazine rings is 1. The van der Waals surface area contributed by atoms with Crippen LogP contribution in [-0.4, -0.2) is 56.8 Å². The zero-order valence-corrected chi connectivity index (χ0v) is 18.6. The van der Waals surface area contributed by atoms with Crippen LogP contribution in [0.2, 0.25) is 0 Å². The topological polar surface area (TPSA) is 92.1 Å². The SMILES string of the molecule is Cc1ccccc1CNC(=O)Cn1ncc2c(N3CCN(c4ccccn4)CC3)ncnc21. The Kier molecular flexibility index (Phi) is 5.84. The Labute approximate surface area is 192 Å². The molecule has 0 saturated carbocycles. The van der Waals surface area contributed by atoms with E-state index in [9.17, 15) is 4.79 Å². The normalized spacial score (nSPS) is 14.0. The van der Waals surface area contributed by atoms with Gasteiger partial charge in [-0.05, 0) is 30.2 Å². The fourth-order valence-corrected chi connectivity index (χ4v) is 4.13. The molecule has 168 valence electrons. The molecule has 9 heteroatoms. The number of nitrogens with one attached hydrogen (secondary N) is 1. The number of aryl methyl sites for hydroxylation is 1. The second-order valence-electron chi connectivity index (χ2n) is 8.10. The Morgan fingerprint density at radius 2 is 1.76 bits per heavy atom. The number of amides is 1. The van der Waals surface area contributed by atoms with Gasteiger partial charge in [0.05, 0.1) is 11.6 Å². The van der Waals surface area contributed by atoms with E-state index in [2.05, 4.69) is 35.2 Å². The van der Waals surface area contributed by atoms with Crippen molar-refractivity contribution in [2.24, 2.45) is 0 Å². The summed E-state index contributed by atoms with van der Waals surface area (Å²) in [6, 6.07) is 14.0. The molecule has 1 amide bonds. The Morgan fingerprint density at radius 1 is 0.970 bits per heavy atom. The molecular weight excluding hydrogens is 416 g/mol. The fourth-order valence-electron chi connectivity index (χ4n) is 4.13. The van der Waals surface area contributed by atoms with Crippen LogP contribution in [0.1, 0.15) is 11.1 Å². The van der Waals surface area contributed by atoms with Crippen molar-refractivity contribution in [3.05, 3.63) is 72.3 Å². The minimum absolute atomic E-state index is 0.104.